The Hall–Kier alpha value is -3.78. The Morgan fingerprint density at radius 1 is 0.750 bits per heavy atom. The molecule has 0 aromatic heterocycles. The van der Waals surface area contributed by atoms with Gasteiger partial charge < -0.3 is 34.2 Å². The van der Waals surface area contributed by atoms with E-state index < -0.39 is 0 Å². The maximum absolute atomic E-state index is 6.49. The number of nitrogen functional groups attached to an aromatic ring is 1. The summed E-state index contributed by atoms with van der Waals surface area (Å²) >= 11 is 0. The highest BCUT2D eigenvalue weighted by Crippen LogP contribution is 2.42. The molecule has 8 nitrogen and oxygen atoms in total. The number of hydrogen-bond acceptors (Lipinski definition) is 8. The number of methoxy groups -OCH3 is 5. The van der Waals surface area contributed by atoms with E-state index >= 15 is 0 Å². The molecule has 36 heavy (non-hydrogen) atoms. The molecule has 0 bridgehead atoms. The Kier molecular flexibility index (Phi) is 7.64. The molecular formula is C28H34N2O6. The summed E-state index contributed by atoms with van der Waals surface area (Å²) in [5.41, 5.74) is 10.6. The Bertz CT molecular complexity index is 1230. The van der Waals surface area contributed by atoms with Crippen LogP contribution in [0, 0.1) is 0 Å². The van der Waals surface area contributed by atoms with Crippen LogP contribution in [0.5, 0.6) is 40.2 Å². The lowest BCUT2D eigenvalue weighted by Crippen LogP contribution is -2.33. The van der Waals surface area contributed by atoms with Crippen molar-refractivity contribution in [3.63, 3.8) is 0 Å². The molecule has 0 saturated heterocycles. The van der Waals surface area contributed by atoms with E-state index in [1.807, 2.05) is 18.2 Å². The van der Waals surface area contributed by atoms with Crippen molar-refractivity contribution in [3.05, 3.63) is 59.2 Å². The number of hydrogen-bond donors (Lipinski definition) is 1. The van der Waals surface area contributed by atoms with Gasteiger partial charge in [-0.2, -0.15) is 0 Å². The van der Waals surface area contributed by atoms with E-state index in [0.29, 0.717) is 40.9 Å². The van der Waals surface area contributed by atoms with Crippen LogP contribution in [0.1, 0.15) is 22.7 Å². The lowest BCUT2D eigenvalue weighted by molar-refractivity contribution is 0.228. The zero-order chi connectivity index (χ0) is 25.8. The minimum atomic E-state index is 0.109. The summed E-state index contributed by atoms with van der Waals surface area (Å²) in [6, 6.07) is 13.4. The van der Waals surface area contributed by atoms with Crippen LogP contribution < -0.4 is 34.2 Å². The Labute approximate surface area is 212 Å². The van der Waals surface area contributed by atoms with Crippen molar-refractivity contribution in [2.24, 2.45) is 0 Å². The van der Waals surface area contributed by atoms with Crippen molar-refractivity contribution in [1.29, 1.82) is 0 Å². The van der Waals surface area contributed by atoms with E-state index in [0.717, 1.165) is 30.0 Å². The van der Waals surface area contributed by atoms with Crippen LogP contribution in [0.25, 0.3) is 0 Å². The monoisotopic (exact) mass is 494 g/mol. The van der Waals surface area contributed by atoms with Gasteiger partial charge in [0.15, 0.2) is 34.5 Å². The highest BCUT2D eigenvalue weighted by Gasteiger charge is 2.28. The number of nitrogens with zero attached hydrogens (tertiary/aromatic N) is 1. The van der Waals surface area contributed by atoms with Gasteiger partial charge in [-0.05, 0) is 66.9 Å². The van der Waals surface area contributed by atoms with Gasteiger partial charge in [-0.3, -0.25) is 4.90 Å². The molecule has 0 radical (unpaired) electrons. The molecule has 0 aliphatic carbocycles. The molecule has 4 rings (SSSR count). The molecule has 0 saturated carbocycles. The summed E-state index contributed by atoms with van der Waals surface area (Å²) in [6.07, 6.45) is 1.63. The van der Waals surface area contributed by atoms with Gasteiger partial charge in [-0.15, -0.1) is 0 Å². The number of ether oxygens (including phenoxy) is 6. The van der Waals surface area contributed by atoms with Gasteiger partial charge >= 0.3 is 0 Å². The lowest BCUT2D eigenvalue weighted by Gasteiger charge is -2.35. The van der Waals surface area contributed by atoms with Crippen molar-refractivity contribution in [2.45, 2.75) is 18.9 Å². The number of nitrogens with two attached hydrogens (primary N) is 1. The van der Waals surface area contributed by atoms with Crippen molar-refractivity contribution in [3.8, 4) is 40.2 Å². The third-order valence-corrected chi connectivity index (χ3v) is 6.69. The normalized spacial score (nSPS) is 15.1. The van der Waals surface area contributed by atoms with Gasteiger partial charge in [0.25, 0.3) is 0 Å². The molecule has 3 aromatic carbocycles. The molecule has 2 N–H and O–H groups in total. The third kappa shape index (κ3) is 4.95. The van der Waals surface area contributed by atoms with Gasteiger partial charge in [0.2, 0.25) is 0 Å². The minimum absolute atomic E-state index is 0.109. The summed E-state index contributed by atoms with van der Waals surface area (Å²) in [7, 11) is 10.2. The zero-order valence-corrected chi connectivity index (χ0v) is 21.7. The van der Waals surface area contributed by atoms with Gasteiger partial charge in [-0.25, -0.2) is 0 Å². The maximum Gasteiger partial charge on any atom is 0.169 e. The molecule has 1 heterocycles. The highest BCUT2D eigenvalue weighted by atomic mass is 16.5. The number of rotatable bonds is 9. The van der Waals surface area contributed by atoms with Crippen LogP contribution in [-0.2, 0) is 12.8 Å². The average molecular weight is 495 g/mol. The second kappa shape index (κ2) is 10.9. The molecule has 1 atom stereocenters. The zero-order valence-electron chi connectivity index (χ0n) is 21.7. The predicted molar refractivity (Wildman–Crippen MR) is 139 cm³/mol. The highest BCUT2D eigenvalue weighted by molar-refractivity contribution is 5.60. The summed E-state index contributed by atoms with van der Waals surface area (Å²) in [4.78, 5) is 2.34. The number of likely N-dealkylation sites (N-methyl/N-ethyl adjacent to an activating group) is 1. The first-order valence-electron chi connectivity index (χ1n) is 11.7. The van der Waals surface area contributed by atoms with Crippen LogP contribution in [0.4, 0.5) is 5.69 Å². The summed E-state index contributed by atoms with van der Waals surface area (Å²) in [5.74, 6) is 4.38. The third-order valence-electron chi connectivity index (χ3n) is 6.69. The second-order valence-electron chi connectivity index (χ2n) is 8.68. The Morgan fingerprint density at radius 3 is 2.03 bits per heavy atom. The molecule has 1 aliphatic rings. The average Bonchev–Trinajstić information content (AvgIpc) is 2.90. The molecule has 0 amide bonds. The molecule has 0 spiro atoms. The SMILES string of the molecule is COc1ccc(Oc2cc(CC3c4cc(OC)c(OC)cc4CCN3C)c(N)cc2OC)cc1OC. The smallest absolute Gasteiger partial charge is 0.169 e. The molecule has 1 unspecified atom stereocenters. The number of anilines is 1. The number of fused-ring (bicyclic) bond motifs is 1. The van der Waals surface area contributed by atoms with Crippen LogP contribution in [0.15, 0.2) is 42.5 Å². The van der Waals surface area contributed by atoms with Gasteiger partial charge in [0, 0.05) is 30.4 Å². The largest absolute Gasteiger partial charge is 0.493 e. The fourth-order valence-electron chi connectivity index (χ4n) is 4.67. The second-order valence-corrected chi connectivity index (χ2v) is 8.68. The summed E-state index contributed by atoms with van der Waals surface area (Å²) in [6.45, 7) is 0.929. The van der Waals surface area contributed by atoms with E-state index in [-0.39, 0.29) is 6.04 Å². The van der Waals surface area contributed by atoms with Crippen molar-refractivity contribution >= 4 is 5.69 Å². The summed E-state index contributed by atoms with van der Waals surface area (Å²) in [5, 5.41) is 0. The minimum Gasteiger partial charge on any atom is -0.493 e. The van der Waals surface area contributed by atoms with E-state index in [9.17, 15) is 0 Å². The standard InChI is InChI=1S/C28H34N2O6/c1-30-10-9-17-12-24(32-3)26(34-5)15-20(17)22(30)11-18-13-28(27(35-6)16-21(18)29)36-19-7-8-23(31-2)25(14-19)33-4/h7-8,12-16,22H,9-11,29H2,1-6H3. The molecule has 8 heteroatoms. The fraction of sp³-hybridized carbons (Fsp3) is 0.357. The van der Waals surface area contributed by atoms with E-state index in [4.69, 9.17) is 34.2 Å². The number of benzene rings is 3. The maximum atomic E-state index is 6.49. The van der Waals surface area contributed by atoms with Crippen LogP contribution in [-0.4, -0.2) is 54.0 Å². The van der Waals surface area contributed by atoms with Crippen molar-refractivity contribution in [1.82, 2.24) is 4.90 Å². The van der Waals surface area contributed by atoms with Crippen LogP contribution in [0.2, 0.25) is 0 Å². The first-order valence-corrected chi connectivity index (χ1v) is 11.7. The van der Waals surface area contributed by atoms with E-state index in [2.05, 4.69) is 24.1 Å². The van der Waals surface area contributed by atoms with Crippen molar-refractivity contribution < 1.29 is 28.4 Å². The van der Waals surface area contributed by atoms with Crippen LogP contribution >= 0.6 is 0 Å². The van der Waals surface area contributed by atoms with Gasteiger partial charge in [0.05, 0.1) is 35.5 Å². The molecule has 1 aliphatic heterocycles. The summed E-state index contributed by atoms with van der Waals surface area (Å²) < 4.78 is 33.7. The first-order chi connectivity index (χ1) is 17.4. The quantitative estimate of drug-likeness (QED) is 0.422. The molecule has 3 aromatic rings. The Morgan fingerprint density at radius 2 is 1.36 bits per heavy atom. The molecule has 0 fully saturated rings. The lowest BCUT2D eigenvalue weighted by atomic mass is 9.88. The fourth-order valence-corrected chi connectivity index (χ4v) is 4.67. The Balaban J connectivity index is 1.69. The van der Waals surface area contributed by atoms with Crippen LogP contribution in [0.3, 0.4) is 0 Å². The first kappa shape index (κ1) is 25.3. The van der Waals surface area contributed by atoms with E-state index in [1.54, 1.807) is 47.7 Å². The van der Waals surface area contributed by atoms with Gasteiger partial charge in [0.1, 0.15) is 5.75 Å². The van der Waals surface area contributed by atoms with Gasteiger partial charge in [-0.1, -0.05) is 0 Å². The van der Waals surface area contributed by atoms with E-state index in [1.165, 1.54) is 11.1 Å². The van der Waals surface area contributed by atoms with Crippen molar-refractivity contribution in [2.75, 3.05) is 54.9 Å². The topological polar surface area (TPSA) is 84.6 Å². The predicted octanol–water partition coefficient (Wildman–Crippen LogP) is 4.88. The molecular weight excluding hydrogens is 460 g/mol. The molecule has 192 valence electrons.